The van der Waals surface area contributed by atoms with Crippen LogP contribution in [0.15, 0.2) is 30.3 Å². The molecule has 6 heteroatoms. The van der Waals surface area contributed by atoms with E-state index in [0.29, 0.717) is 13.2 Å². The van der Waals surface area contributed by atoms with Gasteiger partial charge in [0.1, 0.15) is 0 Å². The normalized spacial score (nSPS) is 16.1. The van der Waals surface area contributed by atoms with E-state index in [1.807, 2.05) is 37.6 Å². The molecule has 0 amide bonds. The average Bonchev–Trinajstić information content (AvgIpc) is 3.01. The van der Waals surface area contributed by atoms with Crippen molar-refractivity contribution in [2.45, 2.75) is 46.8 Å². The third-order valence-corrected chi connectivity index (χ3v) is 4.90. The highest BCUT2D eigenvalue weighted by molar-refractivity contribution is 5.66. The molecule has 0 N–H and O–H groups in total. The highest BCUT2D eigenvalue weighted by atomic mass is 19.1. The number of hydrogen-bond acceptors (Lipinski definition) is 4. The molecule has 1 atom stereocenters. The standard InChI is InChI=1S/C22H24FN3O2/c1-5-27-21-11-17(6-7-19(21)23)26-20-10-15(4)28-12-18(20)22(25-26)16-8-13(2)24-14(3)9-16/h6-9,11,15H,5,10,12H2,1-4H3/t15-/m1/s1. The van der Waals surface area contributed by atoms with Crippen LogP contribution in [-0.4, -0.2) is 27.5 Å². The molecular formula is C22H24FN3O2. The van der Waals surface area contributed by atoms with Crippen molar-refractivity contribution in [3.05, 3.63) is 58.8 Å². The van der Waals surface area contributed by atoms with E-state index >= 15 is 0 Å². The maximum absolute atomic E-state index is 14.1. The Hall–Kier alpha value is -2.73. The third kappa shape index (κ3) is 3.40. The summed E-state index contributed by atoms with van der Waals surface area (Å²) in [5, 5.41) is 4.91. The van der Waals surface area contributed by atoms with E-state index in [1.165, 1.54) is 6.07 Å². The number of pyridine rings is 1. The Morgan fingerprint density at radius 1 is 1.21 bits per heavy atom. The quantitative estimate of drug-likeness (QED) is 0.665. The van der Waals surface area contributed by atoms with Crippen LogP contribution < -0.4 is 4.74 Å². The van der Waals surface area contributed by atoms with E-state index < -0.39 is 0 Å². The van der Waals surface area contributed by atoms with Crippen LogP contribution >= 0.6 is 0 Å². The predicted octanol–water partition coefficient (Wildman–Crippen LogP) is 4.55. The molecule has 0 unspecified atom stereocenters. The van der Waals surface area contributed by atoms with Crippen LogP contribution in [0.2, 0.25) is 0 Å². The first-order chi connectivity index (χ1) is 13.5. The van der Waals surface area contributed by atoms with Gasteiger partial charge in [-0.25, -0.2) is 9.07 Å². The molecule has 28 heavy (non-hydrogen) atoms. The molecule has 1 aromatic carbocycles. The van der Waals surface area contributed by atoms with Gasteiger partial charge in [-0.2, -0.15) is 5.10 Å². The molecule has 0 saturated heterocycles. The van der Waals surface area contributed by atoms with Gasteiger partial charge in [0.2, 0.25) is 0 Å². The molecule has 0 bridgehead atoms. The fraction of sp³-hybridized carbons (Fsp3) is 0.364. The lowest BCUT2D eigenvalue weighted by Crippen LogP contribution is -2.21. The summed E-state index contributed by atoms with van der Waals surface area (Å²) in [4.78, 5) is 4.47. The van der Waals surface area contributed by atoms with Crippen LogP contribution in [0.25, 0.3) is 16.9 Å². The molecule has 5 nitrogen and oxygen atoms in total. The third-order valence-electron chi connectivity index (χ3n) is 4.90. The molecular weight excluding hydrogens is 357 g/mol. The Bertz CT molecular complexity index is 1010. The monoisotopic (exact) mass is 381 g/mol. The minimum atomic E-state index is -0.371. The summed E-state index contributed by atoms with van der Waals surface area (Å²) >= 11 is 0. The number of ether oxygens (including phenoxy) is 2. The summed E-state index contributed by atoms with van der Waals surface area (Å²) in [6.07, 6.45) is 0.843. The van der Waals surface area contributed by atoms with E-state index in [2.05, 4.69) is 11.9 Å². The van der Waals surface area contributed by atoms with Crippen molar-refractivity contribution in [2.75, 3.05) is 6.61 Å². The van der Waals surface area contributed by atoms with Gasteiger partial charge < -0.3 is 9.47 Å². The lowest BCUT2D eigenvalue weighted by molar-refractivity contribution is 0.0401. The topological polar surface area (TPSA) is 49.2 Å². The molecule has 1 aliphatic heterocycles. The Kier molecular flexibility index (Phi) is 4.89. The van der Waals surface area contributed by atoms with Crippen molar-refractivity contribution in [2.24, 2.45) is 0 Å². The Morgan fingerprint density at radius 3 is 2.68 bits per heavy atom. The Balaban J connectivity index is 1.89. The summed E-state index contributed by atoms with van der Waals surface area (Å²) in [5.74, 6) is -0.134. The first-order valence-corrected chi connectivity index (χ1v) is 9.57. The number of halogens is 1. The van der Waals surface area contributed by atoms with E-state index in [1.54, 1.807) is 12.1 Å². The molecule has 146 valence electrons. The second-order valence-corrected chi connectivity index (χ2v) is 7.20. The average molecular weight is 381 g/mol. The number of hydrogen-bond donors (Lipinski definition) is 0. The van der Waals surface area contributed by atoms with E-state index in [-0.39, 0.29) is 17.7 Å². The zero-order valence-corrected chi connectivity index (χ0v) is 16.6. The number of benzene rings is 1. The Labute approximate surface area is 164 Å². The smallest absolute Gasteiger partial charge is 0.165 e. The number of nitrogens with zero attached hydrogens (tertiary/aromatic N) is 3. The molecule has 3 aromatic rings. The summed E-state index contributed by atoms with van der Waals surface area (Å²) in [7, 11) is 0. The molecule has 0 fully saturated rings. The molecule has 1 aliphatic rings. The summed E-state index contributed by atoms with van der Waals surface area (Å²) in [6.45, 7) is 8.76. The van der Waals surface area contributed by atoms with Crippen molar-refractivity contribution in [3.63, 3.8) is 0 Å². The van der Waals surface area contributed by atoms with Gasteiger partial charge in [0.05, 0.1) is 36.4 Å². The second kappa shape index (κ2) is 7.36. The lowest BCUT2D eigenvalue weighted by Gasteiger charge is -2.21. The van der Waals surface area contributed by atoms with Gasteiger partial charge in [0.25, 0.3) is 0 Å². The number of aromatic nitrogens is 3. The summed E-state index contributed by atoms with van der Waals surface area (Å²) < 4.78 is 27.3. The van der Waals surface area contributed by atoms with Gasteiger partial charge in [-0.1, -0.05) is 0 Å². The molecule has 0 saturated carbocycles. The van der Waals surface area contributed by atoms with Crippen molar-refractivity contribution in [1.29, 1.82) is 0 Å². The van der Waals surface area contributed by atoms with Crippen LogP contribution in [-0.2, 0) is 17.8 Å². The fourth-order valence-corrected chi connectivity index (χ4v) is 3.71. The largest absolute Gasteiger partial charge is 0.491 e. The number of aryl methyl sites for hydroxylation is 2. The van der Waals surface area contributed by atoms with Gasteiger partial charge in [-0.05, 0) is 52.0 Å². The first kappa shape index (κ1) is 18.6. The Morgan fingerprint density at radius 2 is 1.96 bits per heavy atom. The van der Waals surface area contributed by atoms with Gasteiger partial charge >= 0.3 is 0 Å². The molecule has 4 rings (SSSR count). The summed E-state index contributed by atoms with van der Waals surface area (Å²) in [6, 6.07) is 8.94. The second-order valence-electron chi connectivity index (χ2n) is 7.20. The van der Waals surface area contributed by atoms with Crippen LogP contribution in [0, 0.1) is 19.7 Å². The van der Waals surface area contributed by atoms with Gasteiger partial charge in [-0.15, -0.1) is 0 Å². The number of rotatable bonds is 4. The first-order valence-electron chi connectivity index (χ1n) is 9.57. The van der Waals surface area contributed by atoms with Crippen LogP contribution in [0.1, 0.15) is 36.5 Å². The highest BCUT2D eigenvalue weighted by Crippen LogP contribution is 2.34. The van der Waals surface area contributed by atoms with Crippen molar-refractivity contribution < 1.29 is 13.9 Å². The zero-order valence-electron chi connectivity index (χ0n) is 16.6. The SMILES string of the molecule is CCOc1cc(-n2nc(-c3cc(C)nc(C)c3)c3c2C[C@@H](C)OC3)ccc1F. The minimum Gasteiger partial charge on any atom is -0.491 e. The van der Waals surface area contributed by atoms with Gasteiger partial charge in [0.15, 0.2) is 11.6 Å². The molecule has 3 heterocycles. The summed E-state index contributed by atoms with van der Waals surface area (Å²) in [5.41, 5.74) is 6.75. The van der Waals surface area contributed by atoms with Crippen LogP contribution in [0.3, 0.4) is 0 Å². The van der Waals surface area contributed by atoms with E-state index in [0.717, 1.165) is 46.0 Å². The highest BCUT2D eigenvalue weighted by Gasteiger charge is 2.26. The fourth-order valence-electron chi connectivity index (χ4n) is 3.71. The van der Waals surface area contributed by atoms with Crippen molar-refractivity contribution >= 4 is 0 Å². The van der Waals surface area contributed by atoms with Crippen molar-refractivity contribution in [3.8, 4) is 22.7 Å². The van der Waals surface area contributed by atoms with Crippen LogP contribution in [0.5, 0.6) is 5.75 Å². The van der Waals surface area contributed by atoms with E-state index in [4.69, 9.17) is 14.6 Å². The van der Waals surface area contributed by atoms with Crippen molar-refractivity contribution in [1.82, 2.24) is 14.8 Å². The van der Waals surface area contributed by atoms with Gasteiger partial charge in [-0.3, -0.25) is 4.98 Å². The minimum absolute atomic E-state index is 0.100. The van der Waals surface area contributed by atoms with Gasteiger partial charge in [0, 0.05) is 35.0 Å². The molecule has 2 aromatic heterocycles. The van der Waals surface area contributed by atoms with Crippen LogP contribution in [0.4, 0.5) is 4.39 Å². The zero-order chi connectivity index (χ0) is 19.8. The molecule has 0 aliphatic carbocycles. The molecule has 0 radical (unpaired) electrons. The maximum Gasteiger partial charge on any atom is 0.165 e. The maximum atomic E-state index is 14.1. The van der Waals surface area contributed by atoms with E-state index in [9.17, 15) is 4.39 Å². The molecule has 0 spiro atoms. The lowest BCUT2D eigenvalue weighted by atomic mass is 10.0. The predicted molar refractivity (Wildman–Crippen MR) is 105 cm³/mol. The number of fused-ring (bicyclic) bond motifs is 1.